The third-order valence-electron chi connectivity index (χ3n) is 1.60. The van der Waals surface area contributed by atoms with Crippen LogP contribution in [0.2, 0.25) is 0 Å². The molecule has 0 N–H and O–H groups in total. The second-order valence-corrected chi connectivity index (χ2v) is 6.03. The van der Waals surface area contributed by atoms with E-state index in [0.717, 1.165) is 8.66 Å². The lowest BCUT2D eigenvalue weighted by Gasteiger charge is -2.17. The molecule has 0 unspecified atom stereocenters. The van der Waals surface area contributed by atoms with E-state index in [4.69, 9.17) is 5.26 Å². The maximum Gasteiger partial charge on any atom is 0.110 e. The van der Waals surface area contributed by atoms with Crippen molar-refractivity contribution >= 4 is 27.3 Å². The van der Waals surface area contributed by atoms with Crippen LogP contribution in [0, 0.1) is 11.3 Å². The van der Waals surface area contributed by atoms with Crippen molar-refractivity contribution in [3.05, 3.63) is 20.3 Å². The van der Waals surface area contributed by atoms with Crippen LogP contribution in [0.25, 0.3) is 0 Å². The van der Waals surface area contributed by atoms with Crippen LogP contribution in [-0.4, -0.2) is 0 Å². The Morgan fingerprint density at radius 2 is 2.08 bits per heavy atom. The van der Waals surface area contributed by atoms with Gasteiger partial charge < -0.3 is 0 Å². The fraction of sp³-hybridized carbons (Fsp3) is 0.444. The van der Waals surface area contributed by atoms with E-state index in [1.165, 1.54) is 16.9 Å². The molecule has 0 aliphatic heterocycles. The summed E-state index contributed by atoms with van der Waals surface area (Å²) in [6.45, 7) is 6.42. The molecular weight excluding hydrogens is 234 g/mol. The third kappa shape index (κ3) is 1.88. The Morgan fingerprint density at radius 1 is 1.50 bits per heavy atom. The highest BCUT2D eigenvalue weighted by atomic mass is 79.9. The van der Waals surface area contributed by atoms with E-state index in [1.807, 2.05) is 6.07 Å². The molecule has 0 atom stereocenters. The molecule has 0 saturated carbocycles. The second kappa shape index (κ2) is 3.20. The highest BCUT2D eigenvalue weighted by Gasteiger charge is 2.19. The SMILES string of the molecule is CC(C)(C)c1cc(C#N)sc1Br. The average Bonchev–Trinajstić information content (AvgIpc) is 2.29. The zero-order valence-corrected chi connectivity index (χ0v) is 9.71. The van der Waals surface area contributed by atoms with Gasteiger partial charge in [-0.15, -0.1) is 11.3 Å². The number of hydrogen-bond donors (Lipinski definition) is 0. The molecule has 0 fully saturated rings. The molecular formula is C9H10BrNS. The average molecular weight is 244 g/mol. The lowest BCUT2D eigenvalue weighted by atomic mass is 9.89. The number of nitrogens with zero attached hydrogens (tertiary/aromatic N) is 1. The number of thiophene rings is 1. The first-order chi connectivity index (χ1) is 5.45. The number of hydrogen-bond acceptors (Lipinski definition) is 2. The van der Waals surface area contributed by atoms with Gasteiger partial charge in [0.25, 0.3) is 0 Å². The Bertz CT molecular complexity index is 327. The van der Waals surface area contributed by atoms with Gasteiger partial charge in [-0.3, -0.25) is 0 Å². The summed E-state index contributed by atoms with van der Waals surface area (Å²) >= 11 is 4.96. The zero-order chi connectivity index (χ0) is 9.35. The maximum atomic E-state index is 8.68. The van der Waals surface area contributed by atoms with Gasteiger partial charge in [-0.1, -0.05) is 20.8 Å². The molecule has 0 radical (unpaired) electrons. The molecule has 3 heteroatoms. The number of halogens is 1. The molecule has 12 heavy (non-hydrogen) atoms. The van der Waals surface area contributed by atoms with Crippen molar-refractivity contribution in [1.82, 2.24) is 0 Å². The zero-order valence-electron chi connectivity index (χ0n) is 7.31. The van der Waals surface area contributed by atoms with Crippen LogP contribution in [0.15, 0.2) is 9.85 Å². The third-order valence-corrected chi connectivity index (χ3v) is 3.35. The highest BCUT2D eigenvalue weighted by Crippen LogP contribution is 2.35. The predicted octanol–water partition coefficient (Wildman–Crippen LogP) is 3.68. The van der Waals surface area contributed by atoms with E-state index in [1.54, 1.807) is 0 Å². The molecule has 0 spiro atoms. The Balaban J connectivity index is 3.19. The Morgan fingerprint density at radius 3 is 2.33 bits per heavy atom. The second-order valence-electron chi connectivity index (χ2n) is 3.66. The molecule has 0 amide bonds. The van der Waals surface area contributed by atoms with Gasteiger partial charge in [0.1, 0.15) is 10.9 Å². The molecule has 0 saturated heterocycles. The molecule has 64 valence electrons. The predicted molar refractivity (Wildman–Crippen MR) is 55.4 cm³/mol. The smallest absolute Gasteiger partial charge is 0.110 e. The van der Waals surface area contributed by atoms with E-state index < -0.39 is 0 Å². The normalized spacial score (nSPS) is 11.2. The number of rotatable bonds is 0. The monoisotopic (exact) mass is 243 g/mol. The van der Waals surface area contributed by atoms with Crippen molar-refractivity contribution in [3.8, 4) is 6.07 Å². The summed E-state index contributed by atoms with van der Waals surface area (Å²) in [4.78, 5) is 0.770. The minimum Gasteiger partial charge on any atom is -0.192 e. The molecule has 1 heterocycles. The largest absolute Gasteiger partial charge is 0.192 e. The van der Waals surface area contributed by atoms with Gasteiger partial charge in [0.15, 0.2) is 0 Å². The van der Waals surface area contributed by atoms with Gasteiger partial charge in [-0.05, 0) is 33.0 Å². The van der Waals surface area contributed by atoms with Crippen LogP contribution in [0.5, 0.6) is 0 Å². The summed E-state index contributed by atoms with van der Waals surface area (Å²) in [6, 6.07) is 4.10. The Labute approximate surface area is 85.2 Å². The van der Waals surface area contributed by atoms with Crippen LogP contribution >= 0.6 is 27.3 Å². The van der Waals surface area contributed by atoms with Crippen molar-refractivity contribution in [3.63, 3.8) is 0 Å². The quantitative estimate of drug-likeness (QED) is 0.682. The summed E-state index contributed by atoms with van der Waals surface area (Å²) < 4.78 is 1.08. The van der Waals surface area contributed by atoms with Crippen molar-refractivity contribution in [2.75, 3.05) is 0 Å². The highest BCUT2D eigenvalue weighted by molar-refractivity contribution is 9.11. The van der Waals surface area contributed by atoms with Gasteiger partial charge in [0, 0.05) is 0 Å². The van der Waals surface area contributed by atoms with Gasteiger partial charge in [-0.2, -0.15) is 5.26 Å². The lowest BCUT2D eigenvalue weighted by Crippen LogP contribution is -2.09. The molecule has 1 aromatic heterocycles. The first kappa shape index (κ1) is 9.76. The summed E-state index contributed by atoms with van der Waals surface area (Å²) in [5.41, 5.74) is 1.33. The number of nitriles is 1. The van der Waals surface area contributed by atoms with E-state index in [-0.39, 0.29) is 5.41 Å². The molecule has 0 aliphatic rings. The fourth-order valence-corrected chi connectivity index (χ4v) is 3.06. The van der Waals surface area contributed by atoms with E-state index in [2.05, 4.69) is 42.8 Å². The van der Waals surface area contributed by atoms with Gasteiger partial charge >= 0.3 is 0 Å². The standard InChI is InChI=1S/C9H10BrNS/c1-9(2,3)7-4-6(5-11)12-8(7)10/h4H,1-3H3. The van der Waals surface area contributed by atoms with Crippen LogP contribution < -0.4 is 0 Å². The fourth-order valence-electron chi connectivity index (χ4n) is 0.935. The van der Waals surface area contributed by atoms with E-state index in [9.17, 15) is 0 Å². The van der Waals surface area contributed by atoms with Crippen molar-refractivity contribution < 1.29 is 0 Å². The molecule has 0 aliphatic carbocycles. The first-order valence-electron chi connectivity index (χ1n) is 3.65. The first-order valence-corrected chi connectivity index (χ1v) is 5.26. The maximum absolute atomic E-state index is 8.68. The summed E-state index contributed by atoms with van der Waals surface area (Å²) in [6.07, 6.45) is 0. The summed E-state index contributed by atoms with van der Waals surface area (Å²) in [5, 5.41) is 8.68. The topological polar surface area (TPSA) is 23.8 Å². The molecule has 1 nitrogen and oxygen atoms in total. The Kier molecular flexibility index (Phi) is 2.60. The van der Waals surface area contributed by atoms with Crippen LogP contribution in [0.1, 0.15) is 31.2 Å². The molecule has 1 rings (SSSR count). The van der Waals surface area contributed by atoms with Crippen LogP contribution in [-0.2, 0) is 5.41 Å². The van der Waals surface area contributed by atoms with Gasteiger partial charge in [0.2, 0.25) is 0 Å². The van der Waals surface area contributed by atoms with Crippen LogP contribution in [0.4, 0.5) is 0 Å². The van der Waals surface area contributed by atoms with E-state index >= 15 is 0 Å². The van der Waals surface area contributed by atoms with Crippen LogP contribution in [0.3, 0.4) is 0 Å². The van der Waals surface area contributed by atoms with Crippen molar-refractivity contribution in [2.24, 2.45) is 0 Å². The minimum absolute atomic E-state index is 0.116. The lowest BCUT2D eigenvalue weighted by molar-refractivity contribution is 0.590. The van der Waals surface area contributed by atoms with Gasteiger partial charge in [0.05, 0.1) is 3.79 Å². The molecule has 1 aromatic rings. The summed E-state index contributed by atoms with van der Waals surface area (Å²) in [7, 11) is 0. The summed E-state index contributed by atoms with van der Waals surface area (Å²) in [5.74, 6) is 0. The van der Waals surface area contributed by atoms with Gasteiger partial charge in [-0.25, -0.2) is 0 Å². The minimum atomic E-state index is 0.116. The van der Waals surface area contributed by atoms with E-state index in [0.29, 0.717) is 0 Å². The molecule has 0 bridgehead atoms. The molecule has 0 aromatic carbocycles. The Hall–Kier alpha value is -0.330. The van der Waals surface area contributed by atoms with Crippen molar-refractivity contribution in [2.45, 2.75) is 26.2 Å². The van der Waals surface area contributed by atoms with Crippen molar-refractivity contribution in [1.29, 1.82) is 5.26 Å².